The van der Waals surface area contributed by atoms with Gasteiger partial charge in [-0.3, -0.25) is 0 Å². The second-order valence-corrected chi connectivity index (χ2v) is 12.3. The van der Waals surface area contributed by atoms with Crippen molar-refractivity contribution in [2.24, 2.45) is 9.98 Å². The molecule has 0 saturated heterocycles. The lowest BCUT2D eigenvalue weighted by atomic mass is 10.1. The molecule has 2 rings (SSSR count). The fourth-order valence-corrected chi connectivity index (χ4v) is 5.08. The highest BCUT2D eigenvalue weighted by Gasteiger charge is 2.07. The van der Waals surface area contributed by atoms with Gasteiger partial charge in [-0.15, -0.1) is 0 Å². The zero-order valence-electron chi connectivity index (χ0n) is 28.5. The van der Waals surface area contributed by atoms with Crippen LogP contribution in [0.25, 0.3) is 0 Å². The van der Waals surface area contributed by atoms with Crippen LogP contribution >= 0.6 is 0 Å². The number of aliphatic imine (C=N–C) groups is 2. The summed E-state index contributed by atoms with van der Waals surface area (Å²) in [6, 6.07) is 12.8. The minimum atomic E-state index is 0.761. The monoisotopic (exact) mass is 580 g/mol. The maximum atomic E-state index is 5.13. The molecule has 0 fully saturated rings. The molecule has 0 aliphatic heterocycles. The van der Waals surface area contributed by atoms with Crippen molar-refractivity contribution in [2.45, 2.75) is 151 Å². The van der Waals surface area contributed by atoms with Crippen molar-refractivity contribution in [1.82, 2.24) is 0 Å². The van der Waals surface area contributed by atoms with E-state index in [1.807, 2.05) is 0 Å². The molecule has 0 amide bonds. The van der Waals surface area contributed by atoms with E-state index >= 15 is 0 Å². The van der Waals surface area contributed by atoms with Crippen molar-refractivity contribution in [2.75, 3.05) is 0 Å². The van der Waals surface area contributed by atoms with Gasteiger partial charge in [0.1, 0.15) is 5.71 Å². The molecule has 0 atom stereocenters. The SMILES string of the molecule is CCCCCCCCCC=CC(=Nc1ccc(C)c(C)c1)C(C#CCCCCCCCCCC)=Nc1ccc(C)c(C)c1. The Kier molecular flexibility index (Phi) is 19.1. The molecule has 2 aromatic rings. The van der Waals surface area contributed by atoms with Gasteiger partial charge in [0, 0.05) is 6.42 Å². The molecule has 2 nitrogen and oxygen atoms in total. The van der Waals surface area contributed by atoms with E-state index < -0.39 is 0 Å². The summed E-state index contributed by atoms with van der Waals surface area (Å²) in [4.78, 5) is 10.2. The average Bonchev–Trinajstić information content (AvgIpc) is 2.99. The summed E-state index contributed by atoms with van der Waals surface area (Å²) in [5.74, 6) is 6.94. The van der Waals surface area contributed by atoms with Crippen molar-refractivity contribution in [3.8, 4) is 11.8 Å². The molecule has 0 radical (unpaired) electrons. The number of rotatable bonds is 20. The van der Waals surface area contributed by atoms with E-state index in [9.17, 15) is 0 Å². The van der Waals surface area contributed by atoms with Crippen molar-refractivity contribution in [1.29, 1.82) is 0 Å². The van der Waals surface area contributed by atoms with E-state index in [1.54, 1.807) is 0 Å². The molecule has 0 saturated carbocycles. The van der Waals surface area contributed by atoms with Crippen molar-refractivity contribution in [3.63, 3.8) is 0 Å². The Hall–Kier alpha value is -2.92. The van der Waals surface area contributed by atoms with Crippen LogP contribution in [0.1, 0.15) is 145 Å². The summed E-state index contributed by atoms with van der Waals surface area (Å²) >= 11 is 0. The zero-order chi connectivity index (χ0) is 31.1. The summed E-state index contributed by atoms with van der Waals surface area (Å²) in [5.41, 5.74) is 8.56. The van der Waals surface area contributed by atoms with Crippen LogP contribution in [-0.4, -0.2) is 11.4 Å². The van der Waals surface area contributed by atoms with Crippen LogP contribution in [0.3, 0.4) is 0 Å². The van der Waals surface area contributed by atoms with Gasteiger partial charge in [-0.1, -0.05) is 121 Å². The van der Waals surface area contributed by atoms with Crippen molar-refractivity contribution >= 4 is 22.8 Å². The van der Waals surface area contributed by atoms with E-state index in [2.05, 4.69) is 102 Å². The van der Waals surface area contributed by atoms with Crippen LogP contribution in [-0.2, 0) is 0 Å². The van der Waals surface area contributed by atoms with Gasteiger partial charge < -0.3 is 0 Å². The third-order valence-electron chi connectivity index (χ3n) is 8.33. The molecule has 0 unspecified atom stereocenters. The minimum Gasteiger partial charge on any atom is -0.246 e. The molecule has 0 bridgehead atoms. The van der Waals surface area contributed by atoms with Crippen LogP contribution in [0.4, 0.5) is 11.4 Å². The van der Waals surface area contributed by atoms with Crippen LogP contribution in [0, 0.1) is 39.5 Å². The first kappa shape index (κ1) is 36.3. The third-order valence-corrected chi connectivity index (χ3v) is 8.33. The number of nitrogens with zero attached hydrogens (tertiary/aromatic N) is 2. The van der Waals surface area contributed by atoms with Gasteiger partial charge in [0.05, 0.1) is 17.1 Å². The third kappa shape index (κ3) is 15.9. The van der Waals surface area contributed by atoms with E-state index in [0.29, 0.717) is 0 Å². The highest BCUT2D eigenvalue weighted by molar-refractivity contribution is 6.53. The molecule has 0 aliphatic carbocycles. The number of aryl methyl sites for hydroxylation is 4. The molecule has 0 N–H and O–H groups in total. The van der Waals surface area contributed by atoms with Crippen LogP contribution in [0.2, 0.25) is 0 Å². The van der Waals surface area contributed by atoms with Gasteiger partial charge >= 0.3 is 0 Å². The number of hydrogen-bond acceptors (Lipinski definition) is 2. The molecule has 234 valence electrons. The highest BCUT2D eigenvalue weighted by atomic mass is 14.8. The summed E-state index contributed by atoms with van der Waals surface area (Å²) in [7, 11) is 0. The Balaban J connectivity index is 2.25. The highest BCUT2D eigenvalue weighted by Crippen LogP contribution is 2.21. The lowest BCUT2D eigenvalue weighted by molar-refractivity contribution is 0.579. The normalized spacial score (nSPS) is 12.1. The smallest absolute Gasteiger partial charge is 0.139 e. The zero-order valence-corrected chi connectivity index (χ0v) is 28.5. The lowest BCUT2D eigenvalue weighted by Gasteiger charge is -2.06. The minimum absolute atomic E-state index is 0.761. The fourth-order valence-electron chi connectivity index (χ4n) is 5.08. The maximum absolute atomic E-state index is 5.13. The van der Waals surface area contributed by atoms with Crippen LogP contribution < -0.4 is 0 Å². The molecule has 0 aromatic heterocycles. The predicted octanol–water partition coefficient (Wildman–Crippen LogP) is 13.0. The van der Waals surface area contributed by atoms with Gasteiger partial charge in [-0.25, -0.2) is 9.98 Å². The fraction of sp³-hybridized carbons (Fsp3) is 0.561. The topological polar surface area (TPSA) is 24.7 Å². The molecule has 0 aliphatic rings. The van der Waals surface area contributed by atoms with E-state index in [1.165, 1.54) is 112 Å². The first-order chi connectivity index (χ1) is 20.9. The van der Waals surface area contributed by atoms with Crippen LogP contribution in [0.5, 0.6) is 0 Å². The molecule has 2 aromatic carbocycles. The van der Waals surface area contributed by atoms with Gasteiger partial charge in [0.15, 0.2) is 0 Å². The first-order valence-corrected chi connectivity index (χ1v) is 17.4. The van der Waals surface area contributed by atoms with Crippen molar-refractivity contribution in [3.05, 3.63) is 70.8 Å². The van der Waals surface area contributed by atoms with Crippen molar-refractivity contribution < 1.29 is 0 Å². The summed E-state index contributed by atoms with van der Waals surface area (Å²) in [5, 5.41) is 0. The van der Waals surface area contributed by atoms with Crippen LogP contribution in [0.15, 0.2) is 58.5 Å². The average molecular weight is 581 g/mol. The maximum Gasteiger partial charge on any atom is 0.139 e. The Bertz CT molecular complexity index is 1220. The molecule has 0 heterocycles. The molecule has 2 heteroatoms. The second-order valence-electron chi connectivity index (χ2n) is 12.3. The van der Waals surface area contributed by atoms with Gasteiger partial charge in [-0.05, 0) is 105 Å². The predicted molar refractivity (Wildman–Crippen MR) is 193 cm³/mol. The second kappa shape index (κ2) is 22.6. The van der Waals surface area contributed by atoms with Gasteiger partial charge in [0.25, 0.3) is 0 Å². The molecule has 43 heavy (non-hydrogen) atoms. The number of unbranched alkanes of at least 4 members (excludes halogenated alkanes) is 15. The summed E-state index contributed by atoms with van der Waals surface area (Å²) in [6.45, 7) is 13.1. The Labute approximate surface area is 265 Å². The quantitative estimate of drug-likeness (QED) is 0.0845. The summed E-state index contributed by atoms with van der Waals surface area (Å²) in [6.07, 6.45) is 26.1. The van der Waals surface area contributed by atoms with E-state index in [4.69, 9.17) is 9.98 Å². The molecule has 0 spiro atoms. The standard InChI is InChI=1S/C41H60N2/c1-7-9-11-13-15-17-19-21-23-25-27-41(43-39-31-29-35(4)37(6)33-39)40(42-38-30-28-34(3)36(5)32-38)26-24-22-20-18-16-14-12-10-8-2/h24,26,28-33H,7-23H2,1-6H3. The number of hydrogen-bond donors (Lipinski definition) is 0. The largest absolute Gasteiger partial charge is 0.246 e. The number of benzene rings is 2. The molecular formula is C41H60N2. The number of allylic oxidation sites excluding steroid dienone is 2. The summed E-state index contributed by atoms with van der Waals surface area (Å²) < 4.78 is 0. The van der Waals surface area contributed by atoms with E-state index in [0.717, 1.165) is 42.1 Å². The van der Waals surface area contributed by atoms with Gasteiger partial charge in [0.2, 0.25) is 0 Å². The van der Waals surface area contributed by atoms with E-state index in [-0.39, 0.29) is 0 Å². The Morgan fingerprint density at radius 3 is 1.60 bits per heavy atom. The Morgan fingerprint density at radius 2 is 1.07 bits per heavy atom. The van der Waals surface area contributed by atoms with Gasteiger partial charge in [-0.2, -0.15) is 0 Å². The Morgan fingerprint density at radius 1 is 0.581 bits per heavy atom. The molecular weight excluding hydrogens is 520 g/mol. The first-order valence-electron chi connectivity index (χ1n) is 17.4. The lowest BCUT2D eigenvalue weighted by Crippen LogP contribution is -2.09.